The van der Waals surface area contributed by atoms with Crippen LogP contribution in [-0.2, 0) is 11.3 Å². The molecule has 3 rings (SSSR count). The van der Waals surface area contributed by atoms with Gasteiger partial charge in [-0.15, -0.1) is 0 Å². The number of benzene rings is 1. The Kier molecular flexibility index (Phi) is 3.90. The second kappa shape index (κ2) is 5.64. The molecule has 1 aromatic rings. The van der Waals surface area contributed by atoms with Crippen LogP contribution in [0.25, 0.3) is 0 Å². The van der Waals surface area contributed by atoms with Gasteiger partial charge in [-0.2, -0.15) is 0 Å². The van der Waals surface area contributed by atoms with E-state index >= 15 is 0 Å². The highest BCUT2D eigenvalue weighted by atomic mass is 16.5. The van der Waals surface area contributed by atoms with Crippen LogP contribution in [0.3, 0.4) is 0 Å². The number of nitrogens with one attached hydrogen (secondary N) is 1. The lowest BCUT2D eigenvalue weighted by Crippen LogP contribution is -2.37. The van der Waals surface area contributed by atoms with E-state index in [0.717, 1.165) is 38.1 Å². The second-order valence-electron chi connectivity index (χ2n) is 6.42. The molecule has 1 N–H and O–H groups in total. The molecular formula is C17H25NO. The van der Waals surface area contributed by atoms with E-state index in [-0.39, 0.29) is 0 Å². The summed E-state index contributed by atoms with van der Waals surface area (Å²) in [5, 5.41) is 3.54. The van der Waals surface area contributed by atoms with E-state index in [1.165, 1.54) is 24.8 Å². The normalized spacial score (nSPS) is 32.3. The van der Waals surface area contributed by atoms with Crippen LogP contribution in [0, 0.1) is 17.3 Å². The van der Waals surface area contributed by atoms with Crippen LogP contribution >= 0.6 is 0 Å². The molecule has 0 radical (unpaired) electrons. The fourth-order valence-electron chi connectivity index (χ4n) is 3.67. The summed E-state index contributed by atoms with van der Waals surface area (Å²) >= 11 is 0. The molecule has 2 saturated carbocycles. The Morgan fingerprint density at radius 2 is 1.95 bits per heavy atom. The molecule has 0 amide bonds. The van der Waals surface area contributed by atoms with Crippen LogP contribution < -0.4 is 5.32 Å². The van der Waals surface area contributed by atoms with Gasteiger partial charge in [-0.3, -0.25) is 0 Å². The van der Waals surface area contributed by atoms with Gasteiger partial charge in [0.05, 0.1) is 13.2 Å². The van der Waals surface area contributed by atoms with Crippen molar-refractivity contribution in [3.05, 3.63) is 35.9 Å². The molecule has 104 valence electrons. The van der Waals surface area contributed by atoms with Crippen molar-refractivity contribution in [3.8, 4) is 0 Å². The molecule has 1 aromatic carbocycles. The Balaban J connectivity index is 1.51. The third-order valence-electron chi connectivity index (χ3n) is 4.73. The number of ether oxygens (including phenoxy) is 1. The lowest BCUT2D eigenvalue weighted by Gasteiger charge is -2.31. The molecule has 2 atom stereocenters. The van der Waals surface area contributed by atoms with Gasteiger partial charge in [0.25, 0.3) is 0 Å². The van der Waals surface area contributed by atoms with Crippen LogP contribution in [0.5, 0.6) is 0 Å². The highest BCUT2D eigenvalue weighted by Gasteiger charge is 2.53. The van der Waals surface area contributed by atoms with E-state index < -0.39 is 0 Å². The van der Waals surface area contributed by atoms with Crippen LogP contribution in [0.4, 0.5) is 0 Å². The quantitative estimate of drug-likeness (QED) is 0.811. The van der Waals surface area contributed by atoms with Crippen LogP contribution in [0.15, 0.2) is 30.3 Å². The van der Waals surface area contributed by atoms with Crippen LogP contribution in [0.1, 0.15) is 31.7 Å². The highest BCUT2D eigenvalue weighted by molar-refractivity contribution is 5.13. The third-order valence-corrected chi connectivity index (χ3v) is 4.73. The molecule has 2 nitrogen and oxygen atoms in total. The number of hydrogen-bond acceptors (Lipinski definition) is 2. The summed E-state index contributed by atoms with van der Waals surface area (Å²) in [5.41, 5.74) is 1.70. The van der Waals surface area contributed by atoms with Crippen molar-refractivity contribution >= 4 is 0 Å². The summed E-state index contributed by atoms with van der Waals surface area (Å²) in [7, 11) is 0. The zero-order valence-electron chi connectivity index (χ0n) is 11.9. The van der Waals surface area contributed by atoms with E-state index in [9.17, 15) is 0 Å². The van der Waals surface area contributed by atoms with Gasteiger partial charge < -0.3 is 10.1 Å². The fraction of sp³-hybridized carbons (Fsp3) is 0.647. The van der Waals surface area contributed by atoms with Gasteiger partial charge >= 0.3 is 0 Å². The van der Waals surface area contributed by atoms with Gasteiger partial charge in [0.2, 0.25) is 0 Å². The Morgan fingerprint density at radius 3 is 2.63 bits per heavy atom. The summed E-state index contributed by atoms with van der Waals surface area (Å²) in [6, 6.07) is 10.5. The van der Waals surface area contributed by atoms with Crippen molar-refractivity contribution in [1.82, 2.24) is 5.32 Å². The average molecular weight is 259 g/mol. The molecule has 2 fully saturated rings. The minimum absolute atomic E-state index is 0.415. The predicted molar refractivity (Wildman–Crippen MR) is 77.9 cm³/mol. The Hall–Kier alpha value is -0.860. The molecule has 2 aliphatic carbocycles. The molecule has 0 aliphatic heterocycles. The molecular weight excluding hydrogens is 234 g/mol. The van der Waals surface area contributed by atoms with E-state index in [2.05, 4.69) is 42.6 Å². The predicted octanol–water partition coefficient (Wildman–Crippen LogP) is 3.23. The van der Waals surface area contributed by atoms with Gasteiger partial charge in [-0.25, -0.2) is 0 Å². The van der Waals surface area contributed by atoms with Gasteiger partial charge in [-0.1, -0.05) is 37.3 Å². The second-order valence-corrected chi connectivity index (χ2v) is 6.42. The summed E-state index contributed by atoms with van der Waals surface area (Å²) in [5.74, 6) is 2.03. The lowest BCUT2D eigenvalue weighted by atomic mass is 9.83. The molecule has 0 saturated heterocycles. The zero-order valence-corrected chi connectivity index (χ0v) is 11.9. The van der Waals surface area contributed by atoms with Crippen molar-refractivity contribution in [2.75, 3.05) is 19.7 Å². The molecule has 2 heteroatoms. The summed E-state index contributed by atoms with van der Waals surface area (Å²) in [6.45, 7) is 6.06. The molecule has 2 unspecified atom stereocenters. The van der Waals surface area contributed by atoms with Crippen molar-refractivity contribution in [2.24, 2.45) is 17.3 Å². The summed E-state index contributed by atoms with van der Waals surface area (Å²) in [6.07, 6.45) is 4.23. The first kappa shape index (κ1) is 13.1. The number of hydrogen-bond donors (Lipinski definition) is 1. The molecule has 0 aromatic heterocycles. The fourth-order valence-corrected chi connectivity index (χ4v) is 3.67. The minimum Gasteiger partial charge on any atom is -0.376 e. The molecule has 0 bridgehead atoms. The maximum absolute atomic E-state index is 6.03. The topological polar surface area (TPSA) is 21.3 Å². The van der Waals surface area contributed by atoms with Crippen LogP contribution in [-0.4, -0.2) is 19.7 Å². The maximum Gasteiger partial charge on any atom is 0.0717 e. The van der Waals surface area contributed by atoms with Crippen molar-refractivity contribution in [1.29, 1.82) is 0 Å². The van der Waals surface area contributed by atoms with Crippen molar-refractivity contribution in [3.63, 3.8) is 0 Å². The smallest absolute Gasteiger partial charge is 0.0717 e. The van der Waals surface area contributed by atoms with E-state index in [1.807, 2.05) is 0 Å². The van der Waals surface area contributed by atoms with E-state index in [1.54, 1.807) is 0 Å². The summed E-state index contributed by atoms with van der Waals surface area (Å²) in [4.78, 5) is 0. The Bertz CT molecular complexity index is 393. The van der Waals surface area contributed by atoms with Crippen molar-refractivity contribution in [2.45, 2.75) is 32.8 Å². The standard InChI is InChI=1S/C17H25NO/c1-2-18-12-17(9-15-8-16(15)10-17)13-19-11-14-6-4-3-5-7-14/h3-7,15-16,18H,2,8-13H2,1H3. The van der Waals surface area contributed by atoms with Gasteiger partial charge in [0, 0.05) is 12.0 Å². The number of fused-ring (bicyclic) bond motifs is 1. The first-order valence-electron chi connectivity index (χ1n) is 7.64. The lowest BCUT2D eigenvalue weighted by molar-refractivity contribution is 0.0297. The van der Waals surface area contributed by atoms with Gasteiger partial charge in [0.15, 0.2) is 0 Å². The minimum atomic E-state index is 0.415. The zero-order chi connectivity index (χ0) is 13.1. The van der Waals surface area contributed by atoms with Crippen molar-refractivity contribution < 1.29 is 4.74 Å². The van der Waals surface area contributed by atoms with E-state index in [4.69, 9.17) is 4.74 Å². The Morgan fingerprint density at radius 1 is 1.21 bits per heavy atom. The van der Waals surface area contributed by atoms with Gasteiger partial charge in [-0.05, 0) is 43.2 Å². The largest absolute Gasteiger partial charge is 0.376 e. The third kappa shape index (κ3) is 3.18. The molecule has 19 heavy (non-hydrogen) atoms. The molecule has 2 aliphatic rings. The van der Waals surface area contributed by atoms with E-state index in [0.29, 0.717) is 5.41 Å². The molecule has 0 spiro atoms. The van der Waals surface area contributed by atoms with Crippen LogP contribution in [0.2, 0.25) is 0 Å². The average Bonchev–Trinajstić information content (AvgIpc) is 3.06. The molecule has 0 heterocycles. The highest BCUT2D eigenvalue weighted by Crippen LogP contribution is 2.59. The maximum atomic E-state index is 6.03. The Labute approximate surface area is 116 Å². The number of rotatable bonds is 7. The SMILES string of the molecule is CCNCC1(COCc2ccccc2)CC2CC2C1. The monoisotopic (exact) mass is 259 g/mol. The summed E-state index contributed by atoms with van der Waals surface area (Å²) < 4.78 is 6.03. The van der Waals surface area contributed by atoms with Gasteiger partial charge in [0.1, 0.15) is 0 Å². The first-order chi connectivity index (χ1) is 9.31. The first-order valence-corrected chi connectivity index (χ1v) is 7.64.